The van der Waals surface area contributed by atoms with E-state index in [-0.39, 0.29) is 11.1 Å². The quantitative estimate of drug-likeness (QED) is 0.674. The molecule has 0 spiro atoms. The predicted octanol–water partition coefficient (Wildman–Crippen LogP) is 4.96. The zero-order chi connectivity index (χ0) is 12.8. The van der Waals surface area contributed by atoms with Crippen molar-refractivity contribution in [3.05, 3.63) is 0 Å². The standard InChI is InChI=1S/C11H25ClN2S2/c1-8-10(3,4)13-15-14(16(13,7)12)11(5,6)9-2/h8-9H2,1-7H3. The molecule has 0 atom stereocenters. The summed E-state index contributed by atoms with van der Waals surface area (Å²) in [5.74, 6) is 0. The average molecular weight is 285 g/mol. The van der Waals surface area contributed by atoms with Gasteiger partial charge in [-0.15, -0.1) is 0 Å². The lowest BCUT2D eigenvalue weighted by Crippen LogP contribution is -2.57. The maximum absolute atomic E-state index is 6.78. The summed E-state index contributed by atoms with van der Waals surface area (Å²) in [5, 5.41) is 0. The monoisotopic (exact) mass is 284 g/mol. The van der Waals surface area contributed by atoms with Crippen molar-refractivity contribution in [1.82, 2.24) is 7.42 Å². The smallest absolute Gasteiger partial charge is 0.0386 e. The molecule has 1 fully saturated rings. The lowest BCUT2D eigenvalue weighted by Gasteiger charge is -2.65. The van der Waals surface area contributed by atoms with E-state index in [0.29, 0.717) is 0 Å². The first-order chi connectivity index (χ1) is 7.09. The summed E-state index contributed by atoms with van der Waals surface area (Å²) in [4.78, 5) is 0. The summed E-state index contributed by atoms with van der Waals surface area (Å²) in [5.41, 5.74) is 0.355. The molecule has 16 heavy (non-hydrogen) atoms. The Labute approximate surface area is 111 Å². The van der Waals surface area contributed by atoms with Crippen LogP contribution in [0.4, 0.5) is 0 Å². The van der Waals surface area contributed by atoms with Crippen LogP contribution in [0, 0.1) is 0 Å². The summed E-state index contributed by atoms with van der Waals surface area (Å²) in [7, 11) is 5.48. The van der Waals surface area contributed by atoms with Gasteiger partial charge < -0.3 is 0 Å². The molecule has 1 aliphatic rings. The van der Waals surface area contributed by atoms with Crippen LogP contribution < -0.4 is 0 Å². The molecule has 1 heterocycles. The van der Waals surface area contributed by atoms with Crippen LogP contribution >= 0.6 is 32.4 Å². The Balaban J connectivity index is 2.82. The normalized spacial score (nSPS) is 25.2. The minimum absolute atomic E-state index is 0.177. The second-order valence-corrected chi connectivity index (χ2v) is 11.0. The molecule has 0 aromatic heterocycles. The Morgan fingerprint density at radius 3 is 1.50 bits per heavy atom. The summed E-state index contributed by atoms with van der Waals surface area (Å²) in [6.07, 6.45) is 4.42. The van der Waals surface area contributed by atoms with E-state index in [0.717, 1.165) is 12.8 Å². The van der Waals surface area contributed by atoms with Gasteiger partial charge in [0.05, 0.1) is 0 Å². The van der Waals surface area contributed by atoms with Gasteiger partial charge in [-0.2, -0.15) is 7.42 Å². The van der Waals surface area contributed by atoms with Crippen LogP contribution in [0.5, 0.6) is 0 Å². The van der Waals surface area contributed by atoms with Crippen molar-refractivity contribution >= 4 is 32.4 Å². The third-order valence-electron chi connectivity index (χ3n) is 3.47. The van der Waals surface area contributed by atoms with E-state index in [4.69, 9.17) is 10.7 Å². The largest absolute Gasteiger partial charge is 0.167 e. The lowest BCUT2D eigenvalue weighted by atomic mass is 10.0. The van der Waals surface area contributed by atoms with Gasteiger partial charge in [0.1, 0.15) is 0 Å². The highest BCUT2D eigenvalue weighted by Crippen LogP contribution is 2.76. The van der Waals surface area contributed by atoms with Crippen molar-refractivity contribution in [3.8, 4) is 0 Å². The molecule has 1 rings (SSSR count). The zero-order valence-electron chi connectivity index (χ0n) is 11.5. The highest BCUT2D eigenvalue weighted by molar-refractivity contribution is 8.58. The first-order valence-electron chi connectivity index (χ1n) is 5.86. The van der Waals surface area contributed by atoms with Crippen LogP contribution in [-0.2, 0) is 0 Å². The van der Waals surface area contributed by atoms with Crippen LogP contribution in [0.3, 0.4) is 0 Å². The second-order valence-electron chi connectivity index (χ2n) is 5.67. The number of nitrogens with zero attached hydrogens (tertiary/aromatic N) is 2. The molecule has 98 valence electrons. The van der Waals surface area contributed by atoms with Gasteiger partial charge in [-0.05, 0) is 60.8 Å². The fourth-order valence-corrected chi connectivity index (χ4v) is 7.57. The summed E-state index contributed by atoms with van der Waals surface area (Å²) in [6.45, 7) is 13.5. The van der Waals surface area contributed by atoms with Gasteiger partial charge >= 0.3 is 0 Å². The Morgan fingerprint density at radius 2 is 1.31 bits per heavy atom. The highest BCUT2D eigenvalue weighted by atomic mass is 35.7. The topological polar surface area (TPSA) is 6.48 Å². The van der Waals surface area contributed by atoms with Crippen molar-refractivity contribution in [2.75, 3.05) is 6.26 Å². The Bertz CT molecular complexity index is 243. The molecule has 0 unspecified atom stereocenters. The molecule has 1 aliphatic heterocycles. The summed E-state index contributed by atoms with van der Waals surface area (Å²) >= 11 is 1.82. The molecule has 2 nitrogen and oxygen atoms in total. The van der Waals surface area contributed by atoms with Crippen molar-refractivity contribution < 1.29 is 0 Å². The van der Waals surface area contributed by atoms with Gasteiger partial charge in [0.2, 0.25) is 0 Å². The van der Waals surface area contributed by atoms with Crippen LogP contribution in [-0.4, -0.2) is 24.8 Å². The van der Waals surface area contributed by atoms with Crippen LogP contribution in [0.1, 0.15) is 54.4 Å². The average Bonchev–Trinajstić information content (AvgIpc) is 2.15. The third kappa shape index (κ3) is 2.37. The van der Waals surface area contributed by atoms with Crippen molar-refractivity contribution in [3.63, 3.8) is 0 Å². The molecule has 0 aromatic rings. The van der Waals surface area contributed by atoms with E-state index in [1.807, 2.05) is 12.1 Å². The SMILES string of the molecule is CCC(C)(C)N1SN(C(C)(C)CC)S1(C)Cl. The van der Waals surface area contributed by atoms with Crippen molar-refractivity contribution in [2.45, 2.75) is 65.5 Å². The van der Waals surface area contributed by atoms with E-state index >= 15 is 0 Å². The fraction of sp³-hybridized carbons (Fsp3) is 1.00. The first-order valence-corrected chi connectivity index (χ1v) is 9.37. The van der Waals surface area contributed by atoms with Crippen LogP contribution in [0.25, 0.3) is 0 Å². The van der Waals surface area contributed by atoms with Crippen LogP contribution in [0.15, 0.2) is 0 Å². The molecule has 0 saturated carbocycles. The maximum atomic E-state index is 6.78. The number of hydrogen-bond acceptors (Lipinski definition) is 3. The fourth-order valence-electron chi connectivity index (χ4n) is 1.61. The molecule has 0 aromatic carbocycles. The Kier molecular flexibility index (Phi) is 4.25. The van der Waals surface area contributed by atoms with Gasteiger partial charge in [0.25, 0.3) is 0 Å². The van der Waals surface area contributed by atoms with Gasteiger partial charge in [0.15, 0.2) is 0 Å². The minimum Gasteiger partial charge on any atom is -0.167 e. The van der Waals surface area contributed by atoms with Crippen molar-refractivity contribution in [2.24, 2.45) is 0 Å². The van der Waals surface area contributed by atoms with Crippen molar-refractivity contribution in [1.29, 1.82) is 0 Å². The van der Waals surface area contributed by atoms with E-state index in [1.165, 1.54) is 0 Å². The van der Waals surface area contributed by atoms with Gasteiger partial charge in [-0.25, -0.2) is 0 Å². The molecule has 0 radical (unpaired) electrons. The molecular weight excluding hydrogens is 260 g/mol. The number of rotatable bonds is 4. The molecule has 0 aliphatic carbocycles. The Hall–Kier alpha value is 0.910. The molecule has 0 bridgehead atoms. The predicted molar refractivity (Wildman–Crippen MR) is 79.4 cm³/mol. The van der Waals surface area contributed by atoms with E-state index in [9.17, 15) is 0 Å². The molecule has 0 N–H and O–H groups in total. The zero-order valence-corrected chi connectivity index (χ0v) is 13.9. The van der Waals surface area contributed by atoms with Crippen LogP contribution in [0.2, 0.25) is 0 Å². The van der Waals surface area contributed by atoms with E-state index < -0.39 is 9.61 Å². The second kappa shape index (κ2) is 4.54. The minimum atomic E-state index is -1.30. The number of halogens is 1. The molecular formula is C11H25ClN2S2. The van der Waals surface area contributed by atoms with Gasteiger partial charge in [-0.3, -0.25) is 0 Å². The number of hydrogen-bond donors (Lipinski definition) is 0. The summed E-state index contributed by atoms with van der Waals surface area (Å²) < 4.78 is 4.78. The Morgan fingerprint density at radius 1 is 1.00 bits per heavy atom. The summed E-state index contributed by atoms with van der Waals surface area (Å²) in [6, 6.07) is 0. The third-order valence-corrected chi connectivity index (χ3v) is 10.4. The van der Waals surface area contributed by atoms with E-state index in [2.05, 4.69) is 55.2 Å². The van der Waals surface area contributed by atoms with Gasteiger partial charge in [-0.1, -0.05) is 13.8 Å². The highest BCUT2D eigenvalue weighted by Gasteiger charge is 2.55. The molecule has 1 saturated heterocycles. The van der Waals surface area contributed by atoms with E-state index in [1.54, 1.807) is 0 Å². The molecule has 5 heteroatoms. The molecule has 0 amide bonds. The lowest BCUT2D eigenvalue weighted by molar-refractivity contribution is 0.273. The maximum Gasteiger partial charge on any atom is 0.0386 e. The van der Waals surface area contributed by atoms with Gasteiger partial charge in [0, 0.05) is 29.5 Å². The first kappa shape index (κ1) is 15.0.